The zero-order chi connectivity index (χ0) is 11.1. The van der Waals surface area contributed by atoms with Crippen molar-refractivity contribution in [2.24, 2.45) is 17.6 Å². The van der Waals surface area contributed by atoms with E-state index in [4.69, 9.17) is 10.5 Å². The maximum absolute atomic E-state index is 5.65. The van der Waals surface area contributed by atoms with Crippen molar-refractivity contribution in [1.82, 2.24) is 5.32 Å². The van der Waals surface area contributed by atoms with Crippen LogP contribution in [0.5, 0.6) is 0 Å². The molecule has 1 saturated heterocycles. The average Bonchev–Trinajstić information content (AvgIpc) is 2.71. The van der Waals surface area contributed by atoms with Gasteiger partial charge in [-0.15, -0.1) is 0 Å². The molecular formula is C12H26N2O. The minimum atomic E-state index is 0.490. The number of ether oxygens (including phenoxy) is 1. The van der Waals surface area contributed by atoms with Crippen LogP contribution in [-0.2, 0) is 4.74 Å². The molecule has 1 rings (SSSR count). The molecule has 1 aliphatic rings. The Hall–Kier alpha value is -0.120. The van der Waals surface area contributed by atoms with E-state index in [0.717, 1.165) is 38.6 Å². The molecule has 3 unspecified atom stereocenters. The Labute approximate surface area is 93.8 Å². The van der Waals surface area contributed by atoms with E-state index in [1.165, 1.54) is 12.8 Å². The lowest BCUT2D eigenvalue weighted by molar-refractivity contribution is 0.0872. The summed E-state index contributed by atoms with van der Waals surface area (Å²) in [5.41, 5.74) is 5.57. The summed E-state index contributed by atoms with van der Waals surface area (Å²) in [6, 6.07) is 0. The molecule has 1 fully saturated rings. The molecule has 3 atom stereocenters. The van der Waals surface area contributed by atoms with E-state index in [1.807, 2.05) is 0 Å². The summed E-state index contributed by atoms with van der Waals surface area (Å²) < 4.78 is 5.65. The Morgan fingerprint density at radius 3 is 3.00 bits per heavy atom. The van der Waals surface area contributed by atoms with Gasteiger partial charge in [-0.2, -0.15) is 0 Å². The standard InChI is InChI=1S/C12H26N2O/c1-3-12-11(5-7-15-12)9-14-6-4-10(2)8-13/h10-12,14H,3-9,13H2,1-2H3. The van der Waals surface area contributed by atoms with Gasteiger partial charge in [-0.3, -0.25) is 0 Å². The third-order valence-electron chi connectivity index (χ3n) is 3.37. The maximum Gasteiger partial charge on any atom is 0.0613 e. The van der Waals surface area contributed by atoms with Crippen molar-refractivity contribution in [3.63, 3.8) is 0 Å². The molecule has 0 aromatic rings. The third kappa shape index (κ3) is 4.49. The van der Waals surface area contributed by atoms with Gasteiger partial charge in [0.15, 0.2) is 0 Å². The summed E-state index contributed by atoms with van der Waals surface area (Å²) in [6.45, 7) is 8.35. The molecule has 1 heterocycles. The van der Waals surface area contributed by atoms with E-state index in [9.17, 15) is 0 Å². The molecular weight excluding hydrogens is 188 g/mol. The van der Waals surface area contributed by atoms with Crippen LogP contribution in [0.1, 0.15) is 33.1 Å². The molecule has 0 aromatic carbocycles. The first kappa shape index (κ1) is 12.9. The topological polar surface area (TPSA) is 47.3 Å². The van der Waals surface area contributed by atoms with Crippen LogP contribution in [0.25, 0.3) is 0 Å². The molecule has 0 aliphatic carbocycles. The van der Waals surface area contributed by atoms with Gasteiger partial charge in [-0.25, -0.2) is 0 Å². The highest BCUT2D eigenvalue weighted by Gasteiger charge is 2.25. The molecule has 3 heteroatoms. The number of nitrogens with one attached hydrogen (secondary N) is 1. The predicted octanol–water partition coefficient (Wildman–Crippen LogP) is 1.38. The molecule has 0 aromatic heterocycles. The lowest BCUT2D eigenvalue weighted by atomic mass is 9.99. The average molecular weight is 214 g/mol. The Kier molecular flexibility index (Phi) is 6.22. The predicted molar refractivity (Wildman–Crippen MR) is 63.8 cm³/mol. The lowest BCUT2D eigenvalue weighted by Crippen LogP contribution is -2.30. The molecule has 0 radical (unpaired) electrons. The van der Waals surface area contributed by atoms with Gasteiger partial charge < -0.3 is 15.8 Å². The Balaban J connectivity index is 2.04. The van der Waals surface area contributed by atoms with Crippen LogP contribution in [0.4, 0.5) is 0 Å². The van der Waals surface area contributed by atoms with Crippen molar-refractivity contribution in [2.75, 3.05) is 26.2 Å². The molecule has 3 N–H and O–H groups in total. The van der Waals surface area contributed by atoms with Crippen LogP contribution in [0.15, 0.2) is 0 Å². The van der Waals surface area contributed by atoms with Crippen molar-refractivity contribution >= 4 is 0 Å². The van der Waals surface area contributed by atoms with Gasteiger partial charge in [0, 0.05) is 13.2 Å². The van der Waals surface area contributed by atoms with Crippen LogP contribution in [0.2, 0.25) is 0 Å². The Bertz CT molecular complexity index is 164. The van der Waals surface area contributed by atoms with Gasteiger partial charge in [0.1, 0.15) is 0 Å². The van der Waals surface area contributed by atoms with Crippen molar-refractivity contribution < 1.29 is 4.74 Å². The fourth-order valence-corrected chi connectivity index (χ4v) is 2.13. The summed E-state index contributed by atoms with van der Waals surface area (Å²) in [5.74, 6) is 1.36. The van der Waals surface area contributed by atoms with Gasteiger partial charge in [0.25, 0.3) is 0 Å². The highest BCUT2D eigenvalue weighted by atomic mass is 16.5. The highest BCUT2D eigenvalue weighted by molar-refractivity contribution is 4.77. The SMILES string of the molecule is CCC1OCCC1CNCCC(C)CN. The summed E-state index contributed by atoms with van der Waals surface area (Å²) in [7, 11) is 0. The van der Waals surface area contributed by atoms with E-state index >= 15 is 0 Å². The Morgan fingerprint density at radius 1 is 1.53 bits per heavy atom. The number of nitrogens with two attached hydrogens (primary N) is 1. The minimum Gasteiger partial charge on any atom is -0.378 e. The quantitative estimate of drug-likeness (QED) is 0.629. The van der Waals surface area contributed by atoms with Crippen molar-refractivity contribution in [1.29, 1.82) is 0 Å². The van der Waals surface area contributed by atoms with Crippen LogP contribution in [-0.4, -0.2) is 32.3 Å². The molecule has 1 aliphatic heterocycles. The van der Waals surface area contributed by atoms with Gasteiger partial charge in [-0.1, -0.05) is 13.8 Å². The second kappa shape index (κ2) is 7.20. The molecule has 3 nitrogen and oxygen atoms in total. The van der Waals surface area contributed by atoms with Crippen molar-refractivity contribution in [3.05, 3.63) is 0 Å². The molecule has 90 valence electrons. The molecule has 0 saturated carbocycles. The lowest BCUT2D eigenvalue weighted by Gasteiger charge is -2.17. The summed E-state index contributed by atoms with van der Waals surface area (Å²) in [4.78, 5) is 0. The number of rotatable bonds is 7. The largest absolute Gasteiger partial charge is 0.378 e. The molecule has 0 amide bonds. The highest BCUT2D eigenvalue weighted by Crippen LogP contribution is 2.22. The van der Waals surface area contributed by atoms with Gasteiger partial charge >= 0.3 is 0 Å². The fraction of sp³-hybridized carbons (Fsp3) is 1.00. The smallest absolute Gasteiger partial charge is 0.0613 e. The molecule has 0 spiro atoms. The van der Waals surface area contributed by atoms with E-state index in [-0.39, 0.29) is 0 Å². The van der Waals surface area contributed by atoms with E-state index in [0.29, 0.717) is 12.0 Å². The summed E-state index contributed by atoms with van der Waals surface area (Å²) >= 11 is 0. The van der Waals surface area contributed by atoms with Crippen molar-refractivity contribution in [2.45, 2.75) is 39.2 Å². The summed E-state index contributed by atoms with van der Waals surface area (Å²) in [6.07, 6.45) is 4.04. The van der Waals surface area contributed by atoms with E-state index in [2.05, 4.69) is 19.2 Å². The van der Waals surface area contributed by atoms with Gasteiger partial charge in [0.05, 0.1) is 6.10 Å². The summed E-state index contributed by atoms with van der Waals surface area (Å²) in [5, 5.41) is 3.52. The number of hydrogen-bond donors (Lipinski definition) is 2. The maximum atomic E-state index is 5.65. The molecule has 0 bridgehead atoms. The second-order valence-electron chi connectivity index (χ2n) is 4.70. The number of hydrogen-bond acceptors (Lipinski definition) is 3. The molecule has 15 heavy (non-hydrogen) atoms. The monoisotopic (exact) mass is 214 g/mol. The Morgan fingerprint density at radius 2 is 2.33 bits per heavy atom. The first-order valence-electron chi connectivity index (χ1n) is 6.30. The first-order chi connectivity index (χ1) is 7.27. The van der Waals surface area contributed by atoms with Gasteiger partial charge in [0.2, 0.25) is 0 Å². The van der Waals surface area contributed by atoms with Crippen LogP contribution >= 0.6 is 0 Å². The first-order valence-corrected chi connectivity index (χ1v) is 6.30. The van der Waals surface area contributed by atoms with Crippen LogP contribution in [0, 0.1) is 11.8 Å². The van der Waals surface area contributed by atoms with E-state index < -0.39 is 0 Å². The minimum absolute atomic E-state index is 0.490. The third-order valence-corrected chi connectivity index (χ3v) is 3.37. The normalized spacial score (nSPS) is 28.2. The van der Waals surface area contributed by atoms with E-state index in [1.54, 1.807) is 0 Å². The van der Waals surface area contributed by atoms with Crippen LogP contribution in [0.3, 0.4) is 0 Å². The zero-order valence-electron chi connectivity index (χ0n) is 10.2. The second-order valence-corrected chi connectivity index (χ2v) is 4.70. The van der Waals surface area contributed by atoms with Gasteiger partial charge in [-0.05, 0) is 44.2 Å². The van der Waals surface area contributed by atoms with Crippen molar-refractivity contribution in [3.8, 4) is 0 Å². The zero-order valence-corrected chi connectivity index (χ0v) is 10.2. The fourth-order valence-electron chi connectivity index (χ4n) is 2.13. The van der Waals surface area contributed by atoms with Crippen LogP contribution < -0.4 is 11.1 Å².